The lowest BCUT2D eigenvalue weighted by Crippen LogP contribution is -2.56. The number of benzene rings is 1. The fraction of sp³-hybridized carbons (Fsp3) is 0.474. The van der Waals surface area contributed by atoms with E-state index in [2.05, 4.69) is 5.32 Å². The Morgan fingerprint density at radius 1 is 1.15 bits per heavy atom. The van der Waals surface area contributed by atoms with Crippen molar-refractivity contribution in [3.8, 4) is 0 Å². The van der Waals surface area contributed by atoms with Crippen LogP contribution in [0.2, 0.25) is 0 Å². The summed E-state index contributed by atoms with van der Waals surface area (Å²) in [6.45, 7) is 5.28. The summed E-state index contributed by atoms with van der Waals surface area (Å²) in [6.07, 6.45) is 0.391. The van der Waals surface area contributed by atoms with Crippen molar-refractivity contribution in [2.75, 3.05) is 26.2 Å². The zero-order chi connectivity index (χ0) is 19.1. The van der Waals surface area contributed by atoms with Crippen molar-refractivity contribution in [3.05, 3.63) is 35.9 Å². The van der Waals surface area contributed by atoms with Crippen molar-refractivity contribution < 1.29 is 19.2 Å². The topological polar surface area (TPSA) is 86.8 Å². The number of piperidine rings is 1. The van der Waals surface area contributed by atoms with Crippen LogP contribution in [0.25, 0.3) is 0 Å². The molecule has 7 heteroatoms. The highest BCUT2D eigenvalue weighted by atomic mass is 16.2. The fourth-order valence-electron chi connectivity index (χ4n) is 2.89. The van der Waals surface area contributed by atoms with Crippen LogP contribution in [-0.2, 0) is 14.4 Å². The number of ketones is 1. The minimum absolute atomic E-state index is 0.129. The molecule has 1 heterocycles. The lowest BCUT2D eigenvalue weighted by atomic mass is 10.0. The van der Waals surface area contributed by atoms with Crippen molar-refractivity contribution in [2.24, 2.45) is 0 Å². The predicted molar refractivity (Wildman–Crippen MR) is 96.4 cm³/mol. The Labute approximate surface area is 153 Å². The van der Waals surface area contributed by atoms with Crippen LogP contribution in [-0.4, -0.2) is 65.5 Å². The summed E-state index contributed by atoms with van der Waals surface area (Å²) < 4.78 is 0. The zero-order valence-corrected chi connectivity index (χ0v) is 15.2. The summed E-state index contributed by atoms with van der Waals surface area (Å²) in [5.74, 6) is -1.45. The maximum absolute atomic E-state index is 12.6. The molecule has 7 nitrogen and oxygen atoms in total. The van der Waals surface area contributed by atoms with Gasteiger partial charge in [0.1, 0.15) is 6.04 Å². The Kier molecular flexibility index (Phi) is 7.03. The number of hydrogen-bond donors (Lipinski definition) is 1. The van der Waals surface area contributed by atoms with Gasteiger partial charge in [-0.25, -0.2) is 0 Å². The Hall–Kier alpha value is -2.54. The van der Waals surface area contributed by atoms with Crippen LogP contribution in [0, 0.1) is 0 Å². The SMILES string of the molecule is CCN(CC)CC(=O)NC1CCC(=O)N(CC(=O)c2ccccc2)C1=O. The standard InChI is InChI=1S/C19H25N3O4/c1-3-21(4-2)13-17(24)20-15-10-11-18(25)22(19(15)26)12-16(23)14-8-6-5-7-9-14/h5-9,15H,3-4,10-13H2,1-2H3,(H,20,24). The van der Waals surface area contributed by atoms with Gasteiger partial charge in [0.05, 0.1) is 13.1 Å². The zero-order valence-electron chi connectivity index (χ0n) is 15.2. The van der Waals surface area contributed by atoms with E-state index >= 15 is 0 Å². The van der Waals surface area contributed by atoms with E-state index in [9.17, 15) is 19.2 Å². The Morgan fingerprint density at radius 2 is 1.81 bits per heavy atom. The molecule has 1 fully saturated rings. The Bertz CT molecular complexity index is 671. The molecule has 1 N–H and O–H groups in total. The smallest absolute Gasteiger partial charge is 0.252 e. The molecule has 1 aromatic rings. The van der Waals surface area contributed by atoms with Crippen LogP contribution in [0.1, 0.15) is 37.0 Å². The van der Waals surface area contributed by atoms with E-state index in [4.69, 9.17) is 0 Å². The van der Waals surface area contributed by atoms with Gasteiger partial charge < -0.3 is 5.32 Å². The first-order valence-corrected chi connectivity index (χ1v) is 8.90. The summed E-state index contributed by atoms with van der Waals surface area (Å²) in [5.41, 5.74) is 0.445. The molecule has 1 aromatic carbocycles. The second-order valence-corrected chi connectivity index (χ2v) is 6.23. The van der Waals surface area contributed by atoms with Crippen LogP contribution in [0.5, 0.6) is 0 Å². The molecule has 1 unspecified atom stereocenters. The van der Waals surface area contributed by atoms with Gasteiger partial charge in [-0.1, -0.05) is 44.2 Å². The van der Waals surface area contributed by atoms with Gasteiger partial charge in [0.25, 0.3) is 5.91 Å². The maximum atomic E-state index is 12.6. The minimum atomic E-state index is -0.765. The van der Waals surface area contributed by atoms with Gasteiger partial charge in [-0.05, 0) is 19.5 Å². The molecular weight excluding hydrogens is 334 g/mol. The summed E-state index contributed by atoms with van der Waals surface area (Å²) >= 11 is 0. The molecule has 0 aromatic heterocycles. The highest BCUT2D eigenvalue weighted by Crippen LogP contribution is 2.14. The van der Waals surface area contributed by atoms with Crippen molar-refractivity contribution in [3.63, 3.8) is 0 Å². The average molecular weight is 359 g/mol. The minimum Gasteiger partial charge on any atom is -0.343 e. The van der Waals surface area contributed by atoms with Gasteiger partial charge in [0.15, 0.2) is 5.78 Å². The van der Waals surface area contributed by atoms with E-state index in [1.807, 2.05) is 18.7 Å². The van der Waals surface area contributed by atoms with Crippen LogP contribution in [0.4, 0.5) is 0 Å². The van der Waals surface area contributed by atoms with Crippen LogP contribution in [0.3, 0.4) is 0 Å². The van der Waals surface area contributed by atoms with Crippen molar-refractivity contribution in [1.82, 2.24) is 15.1 Å². The highest BCUT2D eigenvalue weighted by molar-refractivity contribution is 6.07. The summed E-state index contributed by atoms with van der Waals surface area (Å²) in [4.78, 5) is 52.0. The Balaban J connectivity index is 2.00. The average Bonchev–Trinajstić information content (AvgIpc) is 2.66. The number of likely N-dealkylation sites (tertiary alicyclic amines) is 1. The molecule has 1 aliphatic heterocycles. The van der Waals surface area contributed by atoms with Gasteiger partial charge in [-0.2, -0.15) is 0 Å². The molecule has 26 heavy (non-hydrogen) atoms. The molecule has 0 radical (unpaired) electrons. The lowest BCUT2D eigenvalue weighted by molar-refractivity contribution is -0.150. The van der Waals surface area contributed by atoms with E-state index in [1.54, 1.807) is 30.3 Å². The van der Waals surface area contributed by atoms with Crippen molar-refractivity contribution >= 4 is 23.5 Å². The summed E-state index contributed by atoms with van der Waals surface area (Å²) in [5, 5.41) is 2.70. The molecule has 0 saturated carbocycles. The highest BCUT2D eigenvalue weighted by Gasteiger charge is 2.36. The van der Waals surface area contributed by atoms with E-state index < -0.39 is 11.9 Å². The van der Waals surface area contributed by atoms with E-state index in [1.165, 1.54) is 0 Å². The third-order valence-electron chi connectivity index (χ3n) is 4.51. The molecule has 0 aliphatic carbocycles. The van der Waals surface area contributed by atoms with E-state index in [0.717, 1.165) is 18.0 Å². The summed E-state index contributed by atoms with van der Waals surface area (Å²) in [6, 6.07) is 7.76. The van der Waals surface area contributed by atoms with Crippen molar-refractivity contribution in [1.29, 1.82) is 0 Å². The number of nitrogens with zero attached hydrogens (tertiary/aromatic N) is 2. The van der Waals surface area contributed by atoms with E-state index in [0.29, 0.717) is 5.56 Å². The maximum Gasteiger partial charge on any atom is 0.252 e. The lowest BCUT2D eigenvalue weighted by Gasteiger charge is -2.31. The predicted octanol–water partition coefficient (Wildman–Crippen LogP) is 0.845. The number of hydrogen-bond acceptors (Lipinski definition) is 5. The Morgan fingerprint density at radius 3 is 2.42 bits per heavy atom. The first-order valence-electron chi connectivity index (χ1n) is 8.90. The quantitative estimate of drug-likeness (QED) is 0.549. The molecule has 1 atom stereocenters. The molecule has 3 amide bonds. The number of amides is 3. The number of carbonyl (C=O) groups is 4. The third-order valence-corrected chi connectivity index (χ3v) is 4.51. The number of carbonyl (C=O) groups excluding carboxylic acids is 4. The number of likely N-dealkylation sites (N-methyl/N-ethyl adjacent to an activating group) is 1. The van der Waals surface area contributed by atoms with Gasteiger partial charge in [-0.15, -0.1) is 0 Å². The molecule has 1 saturated heterocycles. The second-order valence-electron chi connectivity index (χ2n) is 6.23. The largest absolute Gasteiger partial charge is 0.343 e. The summed E-state index contributed by atoms with van der Waals surface area (Å²) in [7, 11) is 0. The molecule has 0 spiro atoms. The van der Waals surface area contributed by atoms with Crippen molar-refractivity contribution in [2.45, 2.75) is 32.7 Å². The number of imide groups is 1. The third kappa shape index (κ3) is 4.98. The van der Waals surface area contributed by atoms with Crippen LogP contribution < -0.4 is 5.32 Å². The van der Waals surface area contributed by atoms with E-state index in [-0.39, 0.29) is 43.5 Å². The fourth-order valence-corrected chi connectivity index (χ4v) is 2.89. The molecule has 1 aliphatic rings. The second kappa shape index (κ2) is 9.24. The normalized spacial score (nSPS) is 17.5. The molecular formula is C19H25N3O4. The van der Waals surface area contributed by atoms with Gasteiger partial charge in [0.2, 0.25) is 11.8 Å². The molecule has 0 bridgehead atoms. The van der Waals surface area contributed by atoms with Gasteiger partial charge >= 0.3 is 0 Å². The first kappa shape index (κ1) is 19.8. The van der Waals surface area contributed by atoms with Crippen LogP contribution >= 0.6 is 0 Å². The monoisotopic (exact) mass is 359 g/mol. The number of rotatable bonds is 8. The van der Waals surface area contributed by atoms with Crippen LogP contribution in [0.15, 0.2) is 30.3 Å². The first-order chi connectivity index (χ1) is 12.5. The molecule has 2 rings (SSSR count). The van der Waals surface area contributed by atoms with Gasteiger partial charge in [-0.3, -0.25) is 29.0 Å². The number of Topliss-reactive ketones (excluding diaryl/α,β-unsaturated/α-hetero) is 1. The molecule has 140 valence electrons. The number of nitrogens with one attached hydrogen (secondary N) is 1. The van der Waals surface area contributed by atoms with Gasteiger partial charge in [0, 0.05) is 12.0 Å².